The average Bonchev–Trinajstić information content (AvgIpc) is 0.765. The summed E-state index contributed by atoms with van der Waals surface area (Å²) < 4.78 is 89.4. The topological polar surface area (TPSA) is 359 Å². The first-order chi connectivity index (χ1) is 47.1. The van der Waals surface area contributed by atoms with Gasteiger partial charge in [-0.3, -0.25) is 14.4 Å². The number of fused-ring (bicyclic) bond motifs is 2. The molecule has 1 aromatic rings. The van der Waals surface area contributed by atoms with Crippen LogP contribution in [-0.2, 0) is 85.5 Å². The Morgan fingerprint density at radius 2 is 1.10 bits per heavy atom. The van der Waals surface area contributed by atoms with Crippen molar-refractivity contribution in [2.24, 2.45) is 5.92 Å². The largest absolute Gasteiger partial charge is 0.457 e. The lowest BCUT2D eigenvalue weighted by atomic mass is 9.95. The van der Waals surface area contributed by atoms with E-state index in [9.17, 15) is 60.0 Å². The number of hydrogen-bond acceptors (Lipinski definition) is 26. The predicted octanol–water partition coefficient (Wildman–Crippen LogP) is 6.57. The number of aliphatic hydroxyl groups is 8. The van der Waals surface area contributed by atoms with Crippen LogP contribution in [-0.4, -0.2) is 231 Å². The molecule has 7 rings (SSSR count). The molecule has 0 spiro atoms. The van der Waals surface area contributed by atoms with E-state index in [1.54, 1.807) is 51.1 Å². The Bertz CT molecular complexity index is 2510. The maximum atomic E-state index is 14.4. The fraction of sp³-hybridized carbons (Fsp3) is 0.833. The second-order valence-corrected chi connectivity index (χ2v) is 27.5. The second-order valence-electron chi connectivity index (χ2n) is 27.5. The van der Waals surface area contributed by atoms with Crippen LogP contribution in [0.1, 0.15) is 215 Å². The fourth-order valence-electron chi connectivity index (χ4n) is 13.4. The van der Waals surface area contributed by atoms with E-state index in [4.69, 9.17) is 66.3 Å². The highest BCUT2D eigenvalue weighted by atomic mass is 16.8. The lowest BCUT2D eigenvalue weighted by Gasteiger charge is -2.51. The Labute approximate surface area is 577 Å². The molecule has 6 saturated heterocycles. The molecule has 6 fully saturated rings. The van der Waals surface area contributed by atoms with Gasteiger partial charge in [-0.05, 0) is 71.4 Å². The summed E-state index contributed by atoms with van der Waals surface area (Å²) >= 11 is 0. The van der Waals surface area contributed by atoms with Crippen LogP contribution in [0.3, 0.4) is 0 Å². The SMILES string of the molecule is CCCCCCCCCCCC(=O)O[C@@H]1[C@@H](O)[C@@H](OC(=O)/C=C/c2ccccc2)[C@H](O[C@@H]2[C@@H](O[C@@H]3O[C@H](CO)[C@@H](O)[C@H](O)[C@H]3O)[C@@H](OC(=O)C(C)CC)[C@H](O[C@@H]3[C@@H](O)[C@H]4OC(=O)CCCCCCCCC[C@H](CCCCC)O[C@@H]5O[C@H](C)[C@H](O)[C@H](O)[C@H]5O[C@@H]4O[C@H]3C)O[C@H]2C)O[C@H]1C. The first kappa shape index (κ1) is 81.4. The molecule has 27 atom stereocenters. The number of unbranched alkanes of at least 4 members (excludes halogenated alkanes) is 10. The van der Waals surface area contributed by atoms with Gasteiger partial charge in [-0.25, -0.2) is 4.79 Å². The van der Waals surface area contributed by atoms with E-state index < -0.39 is 190 Å². The van der Waals surface area contributed by atoms with Gasteiger partial charge in [-0.15, -0.1) is 0 Å². The third-order valence-electron chi connectivity index (χ3n) is 19.6. The van der Waals surface area contributed by atoms with Crippen molar-refractivity contribution in [1.82, 2.24) is 0 Å². The number of aliphatic hydroxyl groups excluding tert-OH is 8. The van der Waals surface area contributed by atoms with Crippen LogP contribution in [0, 0.1) is 5.92 Å². The minimum Gasteiger partial charge on any atom is -0.457 e. The van der Waals surface area contributed by atoms with Crippen molar-refractivity contribution in [3.8, 4) is 0 Å². The van der Waals surface area contributed by atoms with Crippen molar-refractivity contribution >= 4 is 30.0 Å². The Morgan fingerprint density at radius 3 is 1.78 bits per heavy atom. The van der Waals surface area contributed by atoms with Crippen molar-refractivity contribution < 1.29 is 126 Å². The summed E-state index contributed by atoms with van der Waals surface area (Å²) in [5, 5.41) is 92.3. The molecule has 6 aliphatic heterocycles. The zero-order valence-electron chi connectivity index (χ0n) is 58.7. The molecular formula is C72H116O26. The van der Waals surface area contributed by atoms with Gasteiger partial charge in [0.05, 0.1) is 43.0 Å². The number of carbonyl (C=O) groups excluding carboxylic acids is 4. The molecular weight excluding hydrogens is 1280 g/mol. The van der Waals surface area contributed by atoms with Gasteiger partial charge in [0.15, 0.2) is 55.9 Å². The molecule has 26 heteroatoms. The Morgan fingerprint density at radius 1 is 0.520 bits per heavy atom. The molecule has 8 N–H and O–H groups in total. The molecule has 6 aliphatic rings. The molecule has 0 aliphatic carbocycles. The van der Waals surface area contributed by atoms with E-state index in [1.165, 1.54) is 39.7 Å². The quantitative estimate of drug-likeness (QED) is 0.0190. The number of carbonyl (C=O) groups is 4. The van der Waals surface area contributed by atoms with Crippen molar-refractivity contribution in [2.75, 3.05) is 6.61 Å². The van der Waals surface area contributed by atoms with E-state index in [0.717, 1.165) is 102 Å². The molecule has 6 heterocycles. The van der Waals surface area contributed by atoms with E-state index in [1.807, 2.05) is 0 Å². The molecule has 0 radical (unpaired) electrons. The lowest BCUT2D eigenvalue weighted by Crippen LogP contribution is -2.68. The van der Waals surface area contributed by atoms with Gasteiger partial charge in [-0.1, -0.05) is 167 Å². The first-order valence-corrected chi connectivity index (χ1v) is 36.5. The molecule has 1 aromatic carbocycles. The summed E-state index contributed by atoms with van der Waals surface area (Å²) in [5.41, 5.74) is 0.633. The number of esters is 4. The third kappa shape index (κ3) is 23.3. The van der Waals surface area contributed by atoms with Gasteiger partial charge >= 0.3 is 23.9 Å². The standard InChI is InChI=1S/C72H116O26/c1-9-12-14-15-16-17-20-23-30-36-49(74)91-59-43(6)86-70(63(57(59)82)93-51(76)39-38-46-32-27-25-28-33-46)96-61-45(8)88-72(66(94-67(84)41(4)11-3)65(61)98-68-56(81)54(79)53(78)48(40-73)90-68)95-60-44(7)87-71-64(58(60)83)92-50(75)37-31-24-21-18-19-22-29-35-47(34-26-13-10-2)89-69-62(97-71)55(80)52(77)42(5)85-69/h25,27-28,32-33,38-39,41-45,47-48,52-66,68-73,77-83H,9-24,26,29-31,34-37,40H2,1-8H3/b39-38+/t41?,42-,43+,44+,45+,47+,48-,52+,53-,54+,55+,56-,57-,58-,59+,60+,61+,62-,63-,64-,65-,66-,68+,69+,70+,71+,72+/m1/s1. The van der Waals surface area contributed by atoms with E-state index in [-0.39, 0.29) is 25.4 Å². The van der Waals surface area contributed by atoms with E-state index in [0.29, 0.717) is 31.2 Å². The summed E-state index contributed by atoms with van der Waals surface area (Å²) in [7, 11) is 0. The minimum atomic E-state index is -2.06. The molecule has 560 valence electrons. The second kappa shape index (κ2) is 41.4. The number of benzene rings is 1. The summed E-state index contributed by atoms with van der Waals surface area (Å²) in [6.07, 6.45) is -19.1. The summed E-state index contributed by atoms with van der Waals surface area (Å²) in [6, 6.07) is 8.82. The average molecular weight is 1400 g/mol. The molecule has 26 nitrogen and oxygen atoms in total. The summed E-state index contributed by atoms with van der Waals surface area (Å²) in [5.74, 6) is -3.99. The van der Waals surface area contributed by atoms with Gasteiger partial charge in [-0.2, -0.15) is 0 Å². The van der Waals surface area contributed by atoms with Crippen molar-refractivity contribution in [3.05, 3.63) is 42.0 Å². The molecule has 0 saturated carbocycles. The maximum Gasteiger partial charge on any atom is 0.331 e. The summed E-state index contributed by atoms with van der Waals surface area (Å²) in [6.45, 7) is 12.8. The third-order valence-corrected chi connectivity index (χ3v) is 19.6. The predicted molar refractivity (Wildman–Crippen MR) is 351 cm³/mol. The maximum absolute atomic E-state index is 14.4. The fourth-order valence-corrected chi connectivity index (χ4v) is 13.4. The zero-order chi connectivity index (χ0) is 71.0. The monoisotopic (exact) mass is 1400 g/mol. The highest BCUT2D eigenvalue weighted by Gasteiger charge is 2.59. The zero-order valence-corrected chi connectivity index (χ0v) is 58.7. The Kier molecular flexibility index (Phi) is 34.4. The van der Waals surface area contributed by atoms with E-state index in [2.05, 4.69) is 13.8 Å². The van der Waals surface area contributed by atoms with Crippen LogP contribution in [0.5, 0.6) is 0 Å². The molecule has 98 heavy (non-hydrogen) atoms. The van der Waals surface area contributed by atoms with Crippen LogP contribution in [0.25, 0.3) is 6.08 Å². The smallest absolute Gasteiger partial charge is 0.331 e. The van der Waals surface area contributed by atoms with Gasteiger partial charge < -0.3 is 107 Å². The highest BCUT2D eigenvalue weighted by molar-refractivity contribution is 5.87. The van der Waals surface area contributed by atoms with Crippen LogP contribution in [0.2, 0.25) is 0 Å². The highest BCUT2D eigenvalue weighted by Crippen LogP contribution is 2.40. The van der Waals surface area contributed by atoms with Gasteiger partial charge in [0, 0.05) is 18.9 Å². The molecule has 1 unspecified atom stereocenters. The Hall–Kier alpha value is -3.88. The van der Waals surface area contributed by atoms with Crippen LogP contribution >= 0.6 is 0 Å². The first-order valence-electron chi connectivity index (χ1n) is 36.5. The van der Waals surface area contributed by atoms with Gasteiger partial charge in [0.2, 0.25) is 0 Å². The normalized spacial score (nSPS) is 38.3. The van der Waals surface area contributed by atoms with Crippen molar-refractivity contribution in [1.29, 1.82) is 0 Å². The number of hydrogen-bond donors (Lipinski definition) is 8. The van der Waals surface area contributed by atoms with E-state index >= 15 is 0 Å². The molecule has 0 amide bonds. The number of rotatable bonds is 28. The van der Waals surface area contributed by atoms with Crippen molar-refractivity contribution in [3.63, 3.8) is 0 Å². The minimum absolute atomic E-state index is 0.0345. The van der Waals surface area contributed by atoms with Crippen molar-refractivity contribution in [2.45, 2.75) is 369 Å². The van der Waals surface area contributed by atoms with Crippen LogP contribution < -0.4 is 0 Å². The summed E-state index contributed by atoms with van der Waals surface area (Å²) in [4.78, 5) is 55.9. The lowest BCUT2D eigenvalue weighted by molar-refractivity contribution is -0.400. The molecule has 0 aromatic heterocycles. The van der Waals surface area contributed by atoms with Gasteiger partial charge in [0.25, 0.3) is 0 Å². The van der Waals surface area contributed by atoms with Gasteiger partial charge in [0.1, 0.15) is 73.2 Å². The van der Waals surface area contributed by atoms with Crippen LogP contribution in [0.15, 0.2) is 36.4 Å². The number of ether oxygens (including phenoxy) is 14. The Balaban J connectivity index is 1.23. The van der Waals surface area contributed by atoms with Crippen LogP contribution in [0.4, 0.5) is 0 Å². The molecule has 0 bridgehead atoms.